The number of hydrogen-bond acceptors (Lipinski definition) is 8. The van der Waals surface area contributed by atoms with E-state index in [1.807, 2.05) is 19.2 Å². The zero-order valence-electron chi connectivity index (χ0n) is 22.2. The highest BCUT2D eigenvalue weighted by Crippen LogP contribution is 2.34. The zero-order chi connectivity index (χ0) is 28.6. The fourth-order valence-electron chi connectivity index (χ4n) is 4.71. The lowest BCUT2D eigenvalue weighted by atomic mass is 10.1. The summed E-state index contributed by atoms with van der Waals surface area (Å²) in [4.78, 5) is 31.2. The predicted molar refractivity (Wildman–Crippen MR) is 133 cm³/mol. The summed E-state index contributed by atoms with van der Waals surface area (Å²) in [6.45, 7) is 3.11. The van der Waals surface area contributed by atoms with Crippen molar-refractivity contribution in [2.24, 2.45) is 0 Å². The van der Waals surface area contributed by atoms with E-state index in [1.165, 1.54) is 13.4 Å². The van der Waals surface area contributed by atoms with Crippen molar-refractivity contribution in [1.29, 1.82) is 0 Å². The summed E-state index contributed by atoms with van der Waals surface area (Å²) in [7, 11) is 1.41. The van der Waals surface area contributed by atoms with Gasteiger partial charge in [0.2, 0.25) is 5.89 Å². The van der Waals surface area contributed by atoms with E-state index >= 15 is 0 Å². The molecule has 4 atom stereocenters. The molecule has 1 aromatic carbocycles. The van der Waals surface area contributed by atoms with Crippen molar-refractivity contribution in [3.8, 4) is 0 Å². The van der Waals surface area contributed by atoms with Crippen molar-refractivity contribution in [3.63, 3.8) is 0 Å². The fourth-order valence-corrected chi connectivity index (χ4v) is 4.71. The number of nitrogens with zero attached hydrogens (tertiary/aromatic N) is 3. The monoisotopic (exact) mass is 565 g/mol. The van der Waals surface area contributed by atoms with Gasteiger partial charge in [0.25, 0.3) is 5.91 Å². The molecule has 0 spiro atoms. The first-order valence-corrected chi connectivity index (χ1v) is 13.0. The summed E-state index contributed by atoms with van der Waals surface area (Å²) in [5.74, 6) is -0.279. The van der Waals surface area contributed by atoms with Gasteiger partial charge in [-0.25, -0.2) is 9.78 Å². The normalized spacial score (nSPS) is 20.0. The number of carbonyl (C=O) groups excluding carboxylic acids is 2. The molecule has 14 heteroatoms. The van der Waals surface area contributed by atoms with E-state index in [1.54, 1.807) is 18.2 Å². The first kappa shape index (κ1) is 27.9. The van der Waals surface area contributed by atoms with Crippen molar-refractivity contribution in [1.82, 2.24) is 25.7 Å². The number of methoxy groups -OCH3 is 1. The maximum Gasteiger partial charge on any atom is 0.410 e. The molecule has 3 heterocycles. The standard InChI is InChI=1S/C26H30F3N5O6/c1-4-14-11-38-33-22(14)23(35)32-21(13(2)39-16-6-7-16)24-30-17-9-15(5-8-19(17)40-24)18(12-37-3)34-10-20(26(27,28)29)31-25(34)36/h5,8-9,11,13,16,18,20-21H,4,6-7,10,12H2,1-3H3,(H,31,36)(H,32,35)/t13-,18-,20+,21+/m1/s1. The van der Waals surface area contributed by atoms with Crippen LogP contribution >= 0.6 is 0 Å². The van der Waals surface area contributed by atoms with Crippen LogP contribution in [0.1, 0.15) is 66.3 Å². The Bertz CT molecular complexity index is 1370. The molecule has 1 saturated heterocycles. The molecule has 0 unspecified atom stereocenters. The molecular formula is C26H30F3N5O6. The van der Waals surface area contributed by atoms with Crippen LogP contribution in [0.15, 0.2) is 33.4 Å². The van der Waals surface area contributed by atoms with Crippen LogP contribution in [-0.2, 0) is 15.9 Å². The van der Waals surface area contributed by atoms with Crippen molar-refractivity contribution < 1.29 is 41.2 Å². The minimum absolute atomic E-state index is 0.0311. The molecule has 5 rings (SSSR count). The van der Waals surface area contributed by atoms with Gasteiger partial charge in [0.05, 0.1) is 31.4 Å². The van der Waals surface area contributed by atoms with Crippen LogP contribution in [0.25, 0.3) is 11.1 Å². The Labute approximate surface area is 227 Å². The molecule has 0 bridgehead atoms. The van der Waals surface area contributed by atoms with Gasteiger partial charge >= 0.3 is 12.2 Å². The smallest absolute Gasteiger partial charge is 0.410 e. The van der Waals surface area contributed by atoms with Gasteiger partial charge in [0, 0.05) is 12.7 Å². The Kier molecular flexibility index (Phi) is 7.73. The number of alkyl halides is 3. The topological polar surface area (TPSA) is 132 Å². The zero-order valence-corrected chi connectivity index (χ0v) is 22.2. The van der Waals surface area contributed by atoms with E-state index in [0.717, 1.165) is 17.7 Å². The molecule has 2 aliphatic rings. The fraction of sp³-hybridized carbons (Fsp3) is 0.538. The van der Waals surface area contributed by atoms with Crippen molar-refractivity contribution in [2.75, 3.05) is 20.3 Å². The summed E-state index contributed by atoms with van der Waals surface area (Å²) < 4.78 is 62.1. The van der Waals surface area contributed by atoms with Gasteiger partial charge in [-0.05, 0) is 43.9 Å². The number of nitrogens with one attached hydrogen (secondary N) is 2. The van der Waals surface area contributed by atoms with Crippen LogP contribution in [-0.4, -0.2) is 71.7 Å². The Morgan fingerprint density at radius 1 is 1.32 bits per heavy atom. The average Bonchev–Trinajstić information content (AvgIpc) is 3.29. The van der Waals surface area contributed by atoms with Gasteiger partial charge in [-0.15, -0.1) is 0 Å². The number of aryl methyl sites for hydroxylation is 1. The molecule has 2 fully saturated rings. The van der Waals surface area contributed by atoms with E-state index in [2.05, 4.69) is 15.5 Å². The number of ether oxygens (including phenoxy) is 2. The molecule has 40 heavy (non-hydrogen) atoms. The number of aromatic nitrogens is 2. The van der Waals surface area contributed by atoms with Crippen LogP contribution in [0.5, 0.6) is 0 Å². The van der Waals surface area contributed by atoms with E-state index in [9.17, 15) is 22.8 Å². The summed E-state index contributed by atoms with van der Waals surface area (Å²) in [5.41, 5.74) is 2.12. The van der Waals surface area contributed by atoms with E-state index in [0.29, 0.717) is 28.6 Å². The highest BCUT2D eigenvalue weighted by molar-refractivity contribution is 5.93. The molecular weight excluding hydrogens is 535 g/mol. The minimum Gasteiger partial charge on any atom is -0.438 e. The quantitative estimate of drug-likeness (QED) is 0.356. The number of fused-ring (bicyclic) bond motifs is 1. The maximum absolute atomic E-state index is 13.3. The van der Waals surface area contributed by atoms with Gasteiger partial charge in [0.1, 0.15) is 23.9 Å². The van der Waals surface area contributed by atoms with Crippen LogP contribution in [0.3, 0.4) is 0 Å². The van der Waals surface area contributed by atoms with Crippen molar-refractivity contribution >= 4 is 23.0 Å². The molecule has 2 N–H and O–H groups in total. The van der Waals surface area contributed by atoms with E-state index in [-0.39, 0.29) is 24.3 Å². The number of halogens is 3. The third kappa shape index (κ3) is 5.77. The largest absolute Gasteiger partial charge is 0.438 e. The van der Waals surface area contributed by atoms with Crippen molar-refractivity contribution in [3.05, 3.63) is 47.2 Å². The lowest BCUT2D eigenvalue weighted by Gasteiger charge is -2.27. The number of hydrogen-bond donors (Lipinski definition) is 2. The first-order chi connectivity index (χ1) is 19.1. The summed E-state index contributed by atoms with van der Waals surface area (Å²) in [6.07, 6.45) is -1.16. The van der Waals surface area contributed by atoms with Crippen LogP contribution in [0.2, 0.25) is 0 Å². The van der Waals surface area contributed by atoms with Crippen LogP contribution in [0, 0.1) is 0 Å². The number of carbonyl (C=O) groups is 2. The second kappa shape index (κ2) is 11.1. The predicted octanol–water partition coefficient (Wildman–Crippen LogP) is 4.06. The molecule has 1 saturated carbocycles. The Balaban J connectivity index is 1.43. The second-order valence-corrected chi connectivity index (χ2v) is 9.98. The van der Waals surface area contributed by atoms with Gasteiger partial charge in [-0.1, -0.05) is 18.1 Å². The second-order valence-electron chi connectivity index (χ2n) is 9.98. The summed E-state index contributed by atoms with van der Waals surface area (Å²) in [6, 6.07) is 0.535. The molecule has 11 nitrogen and oxygen atoms in total. The lowest BCUT2D eigenvalue weighted by molar-refractivity contribution is -0.150. The molecule has 3 aromatic rings. The minimum atomic E-state index is -4.57. The first-order valence-electron chi connectivity index (χ1n) is 13.0. The molecule has 2 aromatic heterocycles. The highest BCUT2D eigenvalue weighted by Gasteiger charge is 2.48. The summed E-state index contributed by atoms with van der Waals surface area (Å²) in [5, 5.41) is 8.71. The van der Waals surface area contributed by atoms with E-state index in [4.69, 9.17) is 18.4 Å². The van der Waals surface area contributed by atoms with Crippen LogP contribution < -0.4 is 10.6 Å². The molecule has 3 amide bonds. The number of amides is 3. The third-order valence-corrected chi connectivity index (χ3v) is 7.04. The van der Waals surface area contributed by atoms with Gasteiger partial charge in [-0.3, -0.25) is 4.79 Å². The molecule has 0 radical (unpaired) electrons. The number of rotatable bonds is 11. The van der Waals surface area contributed by atoms with Gasteiger partial charge in [0.15, 0.2) is 11.3 Å². The molecule has 1 aliphatic heterocycles. The Morgan fingerprint density at radius 2 is 2.10 bits per heavy atom. The van der Waals surface area contributed by atoms with Gasteiger partial charge < -0.3 is 33.9 Å². The Hall–Kier alpha value is -3.65. The van der Waals surface area contributed by atoms with E-state index < -0.39 is 48.9 Å². The lowest BCUT2D eigenvalue weighted by Crippen LogP contribution is -2.40. The van der Waals surface area contributed by atoms with Crippen molar-refractivity contribution in [2.45, 2.75) is 69.6 Å². The highest BCUT2D eigenvalue weighted by atomic mass is 19.4. The number of benzene rings is 1. The van der Waals surface area contributed by atoms with Gasteiger partial charge in [-0.2, -0.15) is 13.2 Å². The SMILES string of the molecule is CCc1conc1C(=O)N[C@H](c1nc2cc([C@@H](COC)N3C[C@@H](C(F)(F)F)NC3=O)ccc2o1)[C@@H](C)OC1CC1. The number of oxazole rings is 1. The Morgan fingerprint density at radius 3 is 2.75 bits per heavy atom. The average molecular weight is 566 g/mol. The number of urea groups is 1. The summed E-state index contributed by atoms with van der Waals surface area (Å²) >= 11 is 0. The third-order valence-electron chi connectivity index (χ3n) is 7.04. The molecule has 216 valence electrons. The van der Waals surface area contributed by atoms with Crippen LogP contribution in [0.4, 0.5) is 18.0 Å². The molecule has 1 aliphatic carbocycles. The maximum atomic E-state index is 13.3.